The van der Waals surface area contributed by atoms with Crippen molar-refractivity contribution in [2.75, 3.05) is 16.8 Å². The molecule has 0 atom stereocenters. The zero-order chi connectivity index (χ0) is 18.4. The molecule has 2 aromatic carbocycles. The molecule has 6 heteroatoms. The molecule has 0 fully saturated rings. The fraction of sp³-hybridized carbons (Fsp3) is 0.158. The molecule has 0 saturated heterocycles. The molecule has 0 aliphatic heterocycles. The van der Waals surface area contributed by atoms with E-state index in [0.29, 0.717) is 17.3 Å². The Morgan fingerprint density at radius 1 is 1.28 bits per heavy atom. The van der Waals surface area contributed by atoms with Crippen LogP contribution < -0.4 is 10.2 Å². The lowest BCUT2D eigenvalue weighted by Gasteiger charge is -2.19. The summed E-state index contributed by atoms with van der Waals surface area (Å²) >= 11 is 12.0. The van der Waals surface area contributed by atoms with Crippen molar-refractivity contribution in [3.8, 4) is 6.07 Å². The van der Waals surface area contributed by atoms with E-state index in [9.17, 15) is 10.1 Å². The van der Waals surface area contributed by atoms with Gasteiger partial charge in [-0.15, -0.1) is 0 Å². The highest BCUT2D eigenvalue weighted by molar-refractivity contribution is 6.44. The Morgan fingerprint density at radius 3 is 2.64 bits per heavy atom. The van der Waals surface area contributed by atoms with Crippen LogP contribution in [0.3, 0.4) is 0 Å². The average Bonchev–Trinajstić information content (AvgIpc) is 2.60. The third-order valence-electron chi connectivity index (χ3n) is 3.52. The third-order valence-corrected chi connectivity index (χ3v) is 4.34. The second-order valence-corrected chi connectivity index (χ2v) is 6.12. The Bertz CT molecular complexity index is 856. The van der Waals surface area contributed by atoms with Gasteiger partial charge in [0.2, 0.25) is 0 Å². The highest BCUT2D eigenvalue weighted by atomic mass is 35.5. The molecule has 1 N–H and O–H groups in total. The Hall–Kier alpha value is -2.48. The molecule has 0 bridgehead atoms. The van der Waals surface area contributed by atoms with Crippen molar-refractivity contribution >= 4 is 40.5 Å². The zero-order valence-electron chi connectivity index (χ0n) is 13.9. The summed E-state index contributed by atoms with van der Waals surface area (Å²) in [7, 11) is 0. The Labute approximate surface area is 157 Å². The van der Waals surface area contributed by atoms with E-state index in [0.717, 1.165) is 11.3 Å². The van der Waals surface area contributed by atoms with Gasteiger partial charge in [-0.1, -0.05) is 41.4 Å². The first-order chi connectivity index (χ1) is 12.0. The van der Waals surface area contributed by atoms with Gasteiger partial charge in [-0.05, 0) is 43.7 Å². The molecule has 0 heterocycles. The number of rotatable bonds is 5. The quantitative estimate of drug-likeness (QED) is 0.580. The number of amides is 1. The van der Waals surface area contributed by atoms with Gasteiger partial charge in [0.15, 0.2) is 0 Å². The predicted molar refractivity (Wildman–Crippen MR) is 103 cm³/mol. The molecule has 4 nitrogen and oxygen atoms in total. The van der Waals surface area contributed by atoms with E-state index in [-0.39, 0.29) is 10.6 Å². The summed E-state index contributed by atoms with van der Waals surface area (Å²) in [5, 5.41) is 12.6. The van der Waals surface area contributed by atoms with Crippen LogP contribution in [-0.2, 0) is 4.79 Å². The van der Waals surface area contributed by atoms with Gasteiger partial charge in [0.25, 0.3) is 5.91 Å². The van der Waals surface area contributed by atoms with Crippen molar-refractivity contribution in [2.24, 2.45) is 0 Å². The Morgan fingerprint density at radius 2 is 2.00 bits per heavy atom. The number of carbonyl (C=O) groups excluding carboxylic acids is 1. The van der Waals surface area contributed by atoms with Crippen LogP contribution in [0.2, 0.25) is 10.0 Å². The Balaban J connectivity index is 2.27. The fourth-order valence-electron chi connectivity index (χ4n) is 2.24. The first kappa shape index (κ1) is 18.9. The highest BCUT2D eigenvalue weighted by Gasteiger charge is 2.14. The van der Waals surface area contributed by atoms with Crippen LogP contribution in [-0.4, -0.2) is 12.5 Å². The minimum atomic E-state index is -0.544. The largest absolute Gasteiger partial charge is 0.347 e. The smallest absolute Gasteiger partial charge is 0.267 e. The Kier molecular flexibility index (Phi) is 6.46. The molecule has 0 radical (unpaired) electrons. The maximum atomic E-state index is 12.4. The number of anilines is 2. The summed E-state index contributed by atoms with van der Waals surface area (Å²) in [6.07, 6.45) is 1.53. The number of nitrogens with one attached hydrogen (secondary N) is 1. The predicted octanol–water partition coefficient (Wildman–Crippen LogP) is 5.17. The van der Waals surface area contributed by atoms with Gasteiger partial charge in [0, 0.05) is 18.4 Å². The second-order valence-electron chi connectivity index (χ2n) is 5.34. The molecule has 0 saturated carbocycles. The minimum absolute atomic E-state index is 0.0283. The van der Waals surface area contributed by atoms with E-state index < -0.39 is 5.91 Å². The maximum absolute atomic E-state index is 12.4. The molecule has 0 spiro atoms. The minimum Gasteiger partial charge on any atom is -0.347 e. The van der Waals surface area contributed by atoms with Crippen LogP contribution in [0.15, 0.2) is 54.2 Å². The molecule has 25 heavy (non-hydrogen) atoms. The van der Waals surface area contributed by atoms with Crippen LogP contribution in [0.1, 0.15) is 12.5 Å². The van der Waals surface area contributed by atoms with Gasteiger partial charge in [0.1, 0.15) is 11.6 Å². The molecule has 2 aromatic rings. The number of halogens is 2. The monoisotopic (exact) mass is 373 g/mol. The van der Waals surface area contributed by atoms with Crippen LogP contribution in [0.5, 0.6) is 0 Å². The molecule has 2 rings (SSSR count). The summed E-state index contributed by atoms with van der Waals surface area (Å²) < 4.78 is 0. The zero-order valence-corrected chi connectivity index (χ0v) is 15.4. The van der Waals surface area contributed by atoms with Crippen molar-refractivity contribution in [3.05, 3.63) is 69.8 Å². The lowest BCUT2D eigenvalue weighted by atomic mass is 10.2. The van der Waals surface area contributed by atoms with E-state index in [1.54, 1.807) is 18.2 Å². The van der Waals surface area contributed by atoms with Gasteiger partial charge in [-0.2, -0.15) is 5.26 Å². The summed E-state index contributed by atoms with van der Waals surface area (Å²) in [5.74, 6) is -0.544. The van der Waals surface area contributed by atoms with Crippen LogP contribution >= 0.6 is 23.2 Å². The maximum Gasteiger partial charge on any atom is 0.267 e. The second kappa shape index (κ2) is 8.57. The molecular weight excluding hydrogens is 357 g/mol. The normalized spacial score (nSPS) is 10.9. The van der Waals surface area contributed by atoms with Gasteiger partial charge in [-0.25, -0.2) is 0 Å². The SMILES string of the molecule is CCN(/C=C(/C#N)C(=O)Nc1cccc(Cl)c1Cl)c1cccc(C)c1. The number of aryl methyl sites for hydroxylation is 1. The first-order valence-corrected chi connectivity index (χ1v) is 8.42. The molecule has 0 unspecified atom stereocenters. The molecule has 0 aliphatic carbocycles. The number of carbonyl (C=O) groups is 1. The number of hydrogen-bond donors (Lipinski definition) is 1. The molecule has 1 amide bonds. The van der Waals surface area contributed by atoms with Gasteiger partial charge in [-0.3, -0.25) is 4.79 Å². The molecule has 0 aliphatic rings. The number of nitriles is 1. The highest BCUT2D eigenvalue weighted by Crippen LogP contribution is 2.29. The summed E-state index contributed by atoms with van der Waals surface area (Å²) in [4.78, 5) is 14.3. The van der Waals surface area contributed by atoms with Gasteiger partial charge in [0.05, 0.1) is 15.7 Å². The van der Waals surface area contributed by atoms with Gasteiger partial charge < -0.3 is 10.2 Å². The summed E-state index contributed by atoms with van der Waals surface area (Å²) in [5.41, 5.74) is 2.33. The van der Waals surface area contributed by atoms with Gasteiger partial charge >= 0.3 is 0 Å². The fourth-order valence-corrected chi connectivity index (χ4v) is 2.59. The number of hydrogen-bond acceptors (Lipinski definition) is 3. The first-order valence-electron chi connectivity index (χ1n) is 7.66. The van der Waals surface area contributed by atoms with Crippen LogP contribution in [0, 0.1) is 18.3 Å². The van der Waals surface area contributed by atoms with Crippen molar-refractivity contribution < 1.29 is 4.79 Å². The van der Waals surface area contributed by atoms with E-state index >= 15 is 0 Å². The van der Waals surface area contributed by atoms with E-state index in [2.05, 4.69) is 5.32 Å². The standard InChI is InChI=1S/C19H17Cl2N3O/c1-3-24(15-7-4-6-13(2)10-15)12-14(11-22)19(25)23-17-9-5-8-16(20)18(17)21/h4-10,12H,3H2,1-2H3,(H,23,25)/b14-12-. The van der Waals surface area contributed by atoms with Crippen molar-refractivity contribution in [3.63, 3.8) is 0 Å². The van der Waals surface area contributed by atoms with Crippen molar-refractivity contribution in [1.29, 1.82) is 5.26 Å². The average molecular weight is 374 g/mol. The summed E-state index contributed by atoms with van der Waals surface area (Å²) in [6.45, 7) is 4.54. The number of benzene rings is 2. The molecule has 0 aromatic heterocycles. The third kappa shape index (κ3) is 4.76. The van der Waals surface area contributed by atoms with Crippen molar-refractivity contribution in [1.82, 2.24) is 0 Å². The lowest BCUT2D eigenvalue weighted by molar-refractivity contribution is -0.112. The molecular formula is C19H17Cl2N3O. The number of nitrogens with zero attached hydrogens (tertiary/aromatic N) is 2. The van der Waals surface area contributed by atoms with Crippen LogP contribution in [0.25, 0.3) is 0 Å². The lowest BCUT2D eigenvalue weighted by Crippen LogP contribution is -2.20. The summed E-state index contributed by atoms with van der Waals surface area (Å²) in [6, 6.07) is 14.7. The van der Waals surface area contributed by atoms with Crippen LogP contribution in [0.4, 0.5) is 11.4 Å². The van der Waals surface area contributed by atoms with E-state index in [1.165, 1.54) is 6.20 Å². The topological polar surface area (TPSA) is 56.1 Å². The van der Waals surface area contributed by atoms with E-state index in [1.807, 2.05) is 49.1 Å². The van der Waals surface area contributed by atoms with E-state index in [4.69, 9.17) is 23.2 Å². The van der Waals surface area contributed by atoms with Crippen molar-refractivity contribution in [2.45, 2.75) is 13.8 Å². The molecule has 128 valence electrons.